The minimum atomic E-state index is -3.96. The van der Waals surface area contributed by atoms with Gasteiger partial charge in [0.2, 0.25) is 5.91 Å². The van der Waals surface area contributed by atoms with E-state index >= 15 is 0 Å². The number of carbonyl (C=O) groups excluding carboxylic acids is 1. The van der Waals surface area contributed by atoms with Crippen molar-refractivity contribution < 1.29 is 13.2 Å². The Hall–Kier alpha value is -2.48. The molecule has 0 aromatic heterocycles. The third kappa shape index (κ3) is 6.76. The fraction of sp³-hybridized carbons (Fsp3) is 0.240. The number of benzene rings is 3. The van der Waals surface area contributed by atoms with E-state index in [1.165, 1.54) is 23.3 Å². The van der Waals surface area contributed by atoms with Gasteiger partial charge in [0.05, 0.1) is 10.6 Å². The van der Waals surface area contributed by atoms with Gasteiger partial charge in [0.15, 0.2) is 0 Å². The van der Waals surface area contributed by atoms with Crippen molar-refractivity contribution >= 4 is 45.0 Å². The molecular formula is C25H27ClN2O3S2. The average Bonchev–Trinajstić information content (AvgIpc) is 2.80. The zero-order valence-electron chi connectivity index (χ0n) is 18.6. The summed E-state index contributed by atoms with van der Waals surface area (Å²) in [6.07, 6.45) is 0. The van der Waals surface area contributed by atoms with Crippen molar-refractivity contribution in [3.05, 3.63) is 94.5 Å². The minimum absolute atomic E-state index is 0.117. The van der Waals surface area contributed by atoms with Crippen molar-refractivity contribution in [2.24, 2.45) is 0 Å². The Balaban J connectivity index is 1.68. The van der Waals surface area contributed by atoms with E-state index in [4.69, 9.17) is 11.6 Å². The van der Waals surface area contributed by atoms with Gasteiger partial charge in [-0.2, -0.15) is 11.8 Å². The molecule has 0 unspecified atom stereocenters. The lowest BCUT2D eigenvalue weighted by Gasteiger charge is -2.25. The Morgan fingerprint density at radius 3 is 2.39 bits per heavy atom. The van der Waals surface area contributed by atoms with Crippen LogP contribution in [0.3, 0.4) is 0 Å². The van der Waals surface area contributed by atoms with Crippen molar-refractivity contribution in [3.63, 3.8) is 0 Å². The van der Waals surface area contributed by atoms with Crippen LogP contribution in [-0.4, -0.2) is 33.2 Å². The molecule has 3 rings (SSSR count). The molecule has 0 aliphatic carbocycles. The fourth-order valence-corrected chi connectivity index (χ4v) is 5.87. The Morgan fingerprint density at radius 2 is 1.67 bits per heavy atom. The Morgan fingerprint density at radius 1 is 0.970 bits per heavy atom. The fourth-order valence-electron chi connectivity index (χ4n) is 3.27. The summed E-state index contributed by atoms with van der Waals surface area (Å²) in [5.41, 5.74) is 3.61. The molecule has 33 heavy (non-hydrogen) atoms. The van der Waals surface area contributed by atoms with E-state index in [-0.39, 0.29) is 17.3 Å². The van der Waals surface area contributed by atoms with Crippen molar-refractivity contribution in [2.75, 3.05) is 23.1 Å². The number of thioether (sulfide) groups is 1. The maximum Gasteiger partial charge on any atom is 0.264 e. The van der Waals surface area contributed by atoms with Crippen LogP contribution in [0.4, 0.5) is 5.69 Å². The summed E-state index contributed by atoms with van der Waals surface area (Å²) < 4.78 is 27.9. The smallest absolute Gasteiger partial charge is 0.264 e. The van der Waals surface area contributed by atoms with E-state index in [0.29, 0.717) is 22.8 Å². The number of aryl methyl sites for hydroxylation is 2. The summed E-state index contributed by atoms with van der Waals surface area (Å²) in [5, 5.41) is 3.24. The number of hydrogen-bond donors (Lipinski definition) is 1. The van der Waals surface area contributed by atoms with Crippen molar-refractivity contribution in [2.45, 2.75) is 24.5 Å². The van der Waals surface area contributed by atoms with Crippen molar-refractivity contribution in [1.29, 1.82) is 0 Å². The lowest BCUT2D eigenvalue weighted by atomic mass is 10.1. The van der Waals surface area contributed by atoms with Crippen LogP contribution in [0.25, 0.3) is 0 Å². The first kappa shape index (κ1) is 25.1. The molecule has 0 fully saturated rings. The Labute approximate surface area is 205 Å². The van der Waals surface area contributed by atoms with E-state index in [2.05, 4.69) is 24.4 Å². The number of halogens is 1. The molecule has 5 nitrogen and oxygen atoms in total. The molecule has 3 aromatic carbocycles. The summed E-state index contributed by atoms with van der Waals surface area (Å²) in [6, 6.07) is 21.3. The number of nitrogens with zero attached hydrogens (tertiary/aromatic N) is 1. The molecule has 0 saturated heterocycles. The molecule has 8 heteroatoms. The molecular weight excluding hydrogens is 476 g/mol. The highest BCUT2D eigenvalue weighted by atomic mass is 35.5. The second-order valence-corrected chi connectivity index (χ2v) is 11.0. The molecule has 0 saturated carbocycles. The van der Waals surface area contributed by atoms with E-state index in [0.717, 1.165) is 15.8 Å². The van der Waals surface area contributed by atoms with Crippen LogP contribution >= 0.6 is 23.4 Å². The molecule has 1 N–H and O–H groups in total. The van der Waals surface area contributed by atoms with E-state index in [1.807, 2.05) is 12.1 Å². The summed E-state index contributed by atoms with van der Waals surface area (Å²) in [6.45, 7) is 3.99. The SMILES string of the molecule is Cc1ccccc1CSCCNC(=O)CN(c1cc(Cl)ccc1C)S(=O)(=O)c1ccccc1. The lowest BCUT2D eigenvalue weighted by Crippen LogP contribution is -2.41. The van der Waals surface area contributed by atoms with Gasteiger partial charge in [0.25, 0.3) is 10.0 Å². The topological polar surface area (TPSA) is 66.5 Å². The quantitative estimate of drug-likeness (QED) is 0.387. The van der Waals surface area contributed by atoms with E-state index < -0.39 is 10.0 Å². The monoisotopic (exact) mass is 502 g/mol. The average molecular weight is 503 g/mol. The third-order valence-electron chi connectivity index (χ3n) is 5.15. The van der Waals surface area contributed by atoms with Crippen LogP contribution in [0.5, 0.6) is 0 Å². The Bertz CT molecular complexity index is 1200. The van der Waals surface area contributed by atoms with Gasteiger partial charge in [-0.25, -0.2) is 8.42 Å². The van der Waals surface area contributed by atoms with Crippen LogP contribution < -0.4 is 9.62 Å². The second-order valence-electron chi connectivity index (χ2n) is 7.58. The predicted molar refractivity (Wildman–Crippen MR) is 138 cm³/mol. The van der Waals surface area contributed by atoms with Gasteiger partial charge in [0.1, 0.15) is 6.54 Å². The molecule has 174 valence electrons. The first-order valence-corrected chi connectivity index (χ1v) is 13.5. The Kier molecular flexibility index (Phi) is 8.83. The molecule has 0 heterocycles. The molecule has 0 atom stereocenters. The minimum Gasteiger partial charge on any atom is -0.354 e. The second kappa shape index (κ2) is 11.6. The highest BCUT2D eigenvalue weighted by Gasteiger charge is 2.28. The highest BCUT2D eigenvalue weighted by molar-refractivity contribution is 7.98. The van der Waals surface area contributed by atoms with Crippen LogP contribution in [0, 0.1) is 13.8 Å². The van der Waals surface area contributed by atoms with Gasteiger partial charge in [0, 0.05) is 23.1 Å². The molecule has 0 aliphatic heterocycles. The first-order chi connectivity index (χ1) is 15.8. The summed E-state index contributed by atoms with van der Waals surface area (Å²) >= 11 is 7.87. The normalized spacial score (nSPS) is 11.2. The number of anilines is 1. The van der Waals surface area contributed by atoms with Crippen LogP contribution in [0.15, 0.2) is 77.7 Å². The van der Waals surface area contributed by atoms with Crippen LogP contribution in [0.2, 0.25) is 5.02 Å². The number of rotatable bonds is 10. The largest absolute Gasteiger partial charge is 0.354 e. The predicted octanol–water partition coefficient (Wildman–Crippen LogP) is 5.20. The van der Waals surface area contributed by atoms with E-state index in [1.54, 1.807) is 55.1 Å². The van der Waals surface area contributed by atoms with Crippen LogP contribution in [0.1, 0.15) is 16.7 Å². The number of hydrogen-bond acceptors (Lipinski definition) is 4. The van der Waals surface area contributed by atoms with Gasteiger partial charge < -0.3 is 5.32 Å². The third-order valence-corrected chi connectivity index (χ3v) is 8.16. The van der Waals surface area contributed by atoms with Crippen LogP contribution in [-0.2, 0) is 20.6 Å². The van der Waals surface area contributed by atoms with Gasteiger partial charge in [-0.15, -0.1) is 0 Å². The van der Waals surface area contributed by atoms with E-state index in [9.17, 15) is 13.2 Å². The van der Waals surface area contributed by atoms with Crippen molar-refractivity contribution in [1.82, 2.24) is 5.32 Å². The maximum absolute atomic E-state index is 13.4. The molecule has 0 radical (unpaired) electrons. The summed E-state index contributed by atoms with van der Waals surface area (Å²) in [5.74, 6) is 1.21. The number of carbonyl (C=O) groups is 1. The highest BCUT2D eigenvalue weighted by Crippen LogP contribution is 2.29. The maximum atomic E-state index is 13.4. The summed E-state index contributed by atoms with van der Waals surface area (Å²) in [7, 11) is -3.96. The number of nitrogens with one attached hydrogen (secondary N) is 1. The molecule has 1 amide bonds. The molecule has 0 spiro atoms. The molecule has 0 bridgehead atoms. The summed E-state index contributed by atoms with van der Waals surface area (Å²) in [4.78, 5) is 12.8. The zero-order valence-corrected chi connectivity index (χ0v) is 21.0. The number of amides is 1. The molecule has 0 aliphatic rings. The first-order valence-electron chi connectivity index (χ1n) is 10.5. The number of sulfonamides is 1. The van der Waals surface area contributed by atoms with Gasteiger partial charge in [-0.1, -0.05) is 60.1 Å². The van der Waals surface area contributed by atoms with Gasteiger partial charge in [-0.3, -0.25) is 9.10 Å². The van der Waals surface area contributed by atoms with Gasteiger partial charge >= 0.3 is 0 Å². The standard InChI is InChI=1S/C25H27ClN2O3S2/c1-19-8-6-7-9-21(19)18-32-15-14-27-25(29)17-28(24-16-22(26)13-12-20(24)2)33(30,31)23-10-4-3-5-11-23/h3-13,16H,14-15,17-18H2,1-2H3,(H,27,29). The van der Waals surface area contributed by atoms with Crippen molar-refractivity contribution in [3.8, 4) is 0 Å². The molecule has 3 aromatic rings. The lowest BCUT2D eigenvalue weighted by molar-refractivity contribution is -0.119. The zero-order chi connectivity index (χ0) is 23.8. The van der Waals surface area contributed by atoms with Gasteiger partial charge in [-0.05, 0) is 54.8 Å².